The fraction of sp³-hybridized carbons (Fsp3) is 0.176. The van der Waals surface area contributed by atoms with Gasteiger partial charge in [-0.1, -0.05) is 18.2 Å². The summed E-state index contributed by atoms with van der Waals surface area (Å²) < 4.78 is 24.9. The van der Waals surface area contributed by atoms with Crippen molar-refractivity contribution in [1.82, 2.24) is 5.43 Å². The summed E-state index contributed by atoms with van der Waals surface area (Å²) in [5.41, 5.74) is 9.03. The second-order valence-electron chi connectivity index (χ2n) is 4.75. The highest BCUT2D eigenvalue weighted by Gasteiger charge is 2.08. The quantitative estimate of drug-likeness (QED) is 0.458. The molecule has 0 saturated carbocycles. The molecule has 0 fully saturated rings. The maximum Gasteiger partial charge on any atom is 0.184 e. The van der Waals surface area contributed by atoms with Crippen LogP contribution >= 0.6 is 12.2 Å². The Bertz CT molecular complexity index is 738. The summed E-state index contributed by atoms with van der Waals surface area (Å²) in [5.74, 6) is 0.774. The molecule has 0 unspecified atom stereocenters. The molecule has 0 saturated heterocycles. The minimum Gasteiger partial charge on any atom is -0.490 e. The molecule has 5 nitrogen and oxygen atoms in total. The standard InChI is InChI=1S/C17H18FN3O2S/c1-2-22-16-9-12(10-20-21-17(19)24)7-8-15(16)23-11-13-5-3-4-6-14(13)18/h3-10H,2,11H2,1H3,(H3,19,21,24). The van der Waals surface area contributed by atoms with Gasteiger partial charge in [0.2, 0.25) is 0 Å². The molecule has 0 amide bonds. The molecule has 2 rings (SSSR count). The number of rotatable bonds is 7. The van der Waals surface area contributed by atoms with Crippen molar-refractivity contribution >= 4 is 23.5 Å². The molecular formula is C17H18FN3O2S. The summed E-state index contributed by atoms with van der Waals surface area (Å²) in [5, 5.41) is 3.97. The molecule has 7 heteroatoms. The Balaban J connectivity index is 2.12. The van der Waals surface area contributed by atoms with Gasteiger partial charge in [-0.25, -0.2) is 4.39 Å². The van der Waals surface area contributed by atoms with Gasteiger partial charge >= 0.3 is 0 Å². The van der Waals surface area contributed by atoms with E-state index in [1.54, 1.807) is 42.6 Å². The average Bonchev–Trinajstić information content (AvgIpc) is 2.55. The molecule has 0 aliphatic heterocycles. The van der Waals surface area contributed by atoms with E-state index < -0.39 is 0 Å². The number of nitrogens with zero attached hydrogens (tertiary/aromatic N) is 1. The summed E-state index contributed by atoms with van der Waals surface area (Å²) in [7, 11) is 0. The van der Waals surface area contributed by atoms with E-state index >= 15 is 0 Å². The van der Waals surface area contributed by atoms with E-state index in [1.807, 2.05) is 6.92 Å². The minimum absolute atomic E-state index is 0.0844. The summed E-state index contributed by atoms with van der Waals surface area (Å²) in [6.07, 6.45) is 1.56. The first-order valence-corrected chi connectivity index (χ1v) is 7.72. The van der Waals surface area contributed by atoms with Crippen LogP contribution in [0.15, 0.2) is 47.6 Å². The van der Waals surface area contributed by atoms with E-state index in [2.05, 4.69) is 22.7 Å². The number of nitrogens with two attached hydrogens (primary N) is 1. The molecule has 0 radical (unpaired) electrons. The van der Waals surface area contributed by atoms with Gasteiger partial charge in [0.15, 0.2) is 16.6 Å². The number of hydrazone groups is 1. The van der Waals surface area contributed by atoms with Crippen LogP contribution in [0, 0.1) is 5.82 Å². The zero-order chi connectivity index (χ0) is 17.4. The van der Waals surface area contributed by atoms with Gasteiger partial charge in [-0.05, 0) is 49.0 Å². The number of hydrogen-bond donors (Lipinski definition) is 2. The third-order valence-electron chi connectivity index (χ3n) is 3.00. The van der Waals surface area contributed by atoms with Crippen molar-refractivity contribution in [2.75, 3.05) is 6.61 Å². The van der Waals surface area contributed by atoms with E-state index in [9.17, 15) is 4.39 Å². The maximum absolute atomic E-state index is 13.7. The van der Waals surface area contributed by atoms with E-state index in [-0.39, 0.29) is 17.5 Å². The highest BCUT2D eigenvalue weighted by Crippen LogP contribution is 2.29. The molecular weight excluding hydrogens is 329 g/mol. The molecule has 0 atom stereocenters. The number of nitrogens with one attached hydrogen (secondary N) is 1. The molecule has 0 aliphatic rings. The molecule has 0 aliphatic carbocycles. The highest BCUT2D eigenvalue weighted by molar-refractivity contribution is 7.80. The van der Waals surface area contributed by atoms with Crippen LogP contribution in [0.5, 0.6) is 11.5 Å². The molecule has 126 valence electrons. The van der Waals surface area contributed by atoms with Gasteiger partial charge in [0.25, 0.3) is 0 Å². The molecule has 0 aromatic heterocycles. The van der Waals surface area contributed by atoms with Crippen molar-refractivity contribution in [2.24, 2.45) is 10.8 Å². The Kier molecular flexibility index (Phi) is 6.51. The minimum atomic E-state index is -0.303. The van der Waals surface area contributed by atoms with Crippen LogP contribution in [0.2, 0.25) is 0 Å². The number of benzene rings is 2. The van der Waals surface area contributed by atoms with Crippen molar-refractivity contribution in [1.29, 1.82) is 0 Å². The van der Waals surface area contributed by atoms with Crippen LogP contribution in [0.3, 0.4) is 0 Å². The van der Waals surface area contributed by atoms with E-state index in [0.29, 0.717) is 23.7 Å². The number of halogens is 1. The van der Waals surface area contributed by atoms with Crippen LogP contribution in [-0.4, -0.2) is 17.9 Å². The third-order valence-corrected chi connectivity index (χ3v) is 3.09. The molecule has 2 aromatic rings. The van der Waals surface area contributed by atoms with Gasteiger partial charge in [-0.15, -0.1) is 0 Å². The molecule has 0 bridgehead atoms. The lowest BCUT2D eigenvalue weighted by atomic mass is 10.2. The molecule has 3 N–H and O–H groups in total. The van der Waals surface area contributed by atoms with Crippen molar-refractivity contribution in [3.8, 4) is 11.5 Å². The van der Waals surface area contributed by atoms with Crippen LogP contribution in [0.25, 0.3) is 0 Å². The van der Waals surface area contributed by atoms with Crippen molar-refractivity contribution in [3.63, 3.8) is 0 Å². The fourth-order valence-corrected chi connectivity index (χ4v) is 1.99. The number of thiocarbonyl (C=S) groups is 1. The lowest BCUT2D eigenvalue weighted by molar-refractivity contribution is 0.266. The Labute approximate surface area is 145 Å². The highest BCUT2D eigenvalue weighted by atomic mass is 32.1. The summed E-state index contributed by atoms with van der Waals surface area (Å²) in [6.45, 7) is 2.46. The van der Waals surface area contributed by atoms with Gasteiger partial charge in [-0.3, -0.25) is 5.43 Å². The third kappa shape index (κ3) is 5.20. The Morgan fingerprint density at radius 3 is 2.75 bits per heavy atom. The zero-order valence-corrected chi connectivity index (χ0v) is 14.0. The smallest absolute Gasteiger partial charge is 0.184 e. The predicted octanol–water partition coefficient (Wildman–Crippen LogP) is 2.97. The number of hydrogen-bond acceptors (Lipinski definition) is 4. The second-order valence-corrected chi connectivity index (χ2v) is 5.19. The monoisotopic (exact) mass is 347 g/mol. The average molecular weight is 347 g/mol. The van der Waals surface area contributed by atoms with Gasteiger partial charge in [0, 0.05) is 5.56 Å². The SMILES string of the molecule is CCOc1cc(C=NNC(N)=S)ccc1OCc1ccccc1F. The second kappa shape index (κ2) is 8.83. The van der Waals surface area contributed by atoms with E-state index in [4.69, 9.17) is 15.2 Å². The summed E-state index contributed by atoms with van der Waals surface area (Å²) in [6, 6.07) is 11.8. The molecule has 2 aromatic carbocycles. The molecule has 0 spiro atoms. The van der Waals surface area contributed by atoms with Crippen LogP contribution in [0.4, 0.5) is 4.39 Å². The first-order chi connectivity index (χ1) is 11.6. The van der Waals surface area contributed by atoms with Crippen molar-refractivity contribution in [3.05, 3.63) is 59.4 Å². The molecule has 24 heavy (non-hydrogen) atoms. The van der Waals surface area contributed by atoms with Gasteiger partial charge in [0.05, 0.1) is 12.8 Å². The normalized spacial score (nSPS) is 10.6. The largest absolute Gasteiger partial charge is 0.490 e. The van der Waals surface area contributed by atoms with Gasteiger partial charge < -0.3 is 15.2 Å². The fourth-order valence-electron chi connectivity index (χ4n) is 1.93. The maximum atomic E-state index is 13.7. The zero-order valence-electron chi connectivity index (χ0n) is 13.2. The summed E-state index contributed by atoms with van der Waals surface area (Å²) in [4.78, 5) is 0. The first-order valence-electron chi connectivity index (χ1n) is 7.31. The molecule has 0 heterocycles. The van der Waals surface area contributed by atoms with Crippen molar-refractivity contribution in [2.45, 2.75) is 13.5 Å². The summed E-state index contributed by atoms with van der Waals surface area (Å²) >= 11 is 4.67. The van der Waals surface area contributed by atoms with E-state index in [0.717, 1.165) is 5.56 Å². The lowest BCUT2D eigenvalue weighted by Crippen LogP contribution is -2.23. The van der Waals surface area contributed by atoms with Gasteiger partial charge in [-0.2, -0.15) is 5.10 Å². The Morgan fingerprint density at radius 2 is 2.04 bits per heavy atom. The van der Waals surface area contributed by atoms with Gasteiger partial charge in [0.1, 0.15) is 12.4 Å². The Morgan fingerprint density at radius 1 is 1.25 bits per heavy atom. The van der Waals surface area contributed by atoms with Crippen LogP contribution < -0.4 is 20.6 Å². The van der Waals surface area contributed by atoms with Crippen LogP contribution in [0.1, 0.15) is 18.1 Å². The predicted molar refractivity (Wildman–Crippen MR) is 95.9 cm³/mol. The topological polar surface area (TPSA) is 68.9 Å². The number of ether oxygens (including phenoxy) is 2. The van der Waals surface area contributed by atoms with Crippen LogP contribution in [-0.2, 0) is 6.61 Å². The Hall–Kier alpha value is -2.67. The van der Waals surface area contributed by atoms with E-state index in [1.165, 1.54) is 6.07 Å². The lowest BCUT2D eigenvalue weighted by Gasteiger charge is -2.13. The first kappa shape index (κ1) is 17.7. The van der Waals surface area contributed by atoms with Crippen molar-refractivity contribution < 1.29 is 13.9 Å².